The zero-order valence-electron chi connectivity index (χ0n) is 7.34. The van der Waals surface area contributed by atoms with E-state index < -0.39 is 5.97 Å². The van der Waals surface area contributed by atoms with Gasteiger partial charge in [0.25, 0.3) is 0 Å². The van der Waals surface area contributed by atoms with Gasteiger partial charge in [-0.1, -0.05) is 0 Å². The normalized spacial score (nSPS) is 10.4. The van der Waals surface area contributed by atoms with Crippen molar-refractivity contribution >= 4 is 17.3 Å². The summed E-state index contributed by atoms with van der Waals surface area (Å²) in [5.41, 5.74) is 3.14. The molecule has 0 aliphatic carbocycles. The van der Waals surface area contributed by atoms with Crippen LogP contribution in [-0.4, -0.2) is 25.8 Å². The van der Waals surface area contributed by atoms with Gasteiger partial charge in [-0.25, -0.2) is 9.78 Å². The quantitative estimate of drug-likeness (QED) is 0.808. The van der Waals surface area contributed by atoms with Gasteiger partial charge in [-0.2, -0.15) is 5.10 Å². The Morgan fingerprint density at radius 3 is 2.86 bits per heavy atom. The number of aromatic carboxylic acids is 1. The van der Waals surface area contributed by atoms with E-state index in [0.717, 1.165) is 0 Å². The van der Waals surface area contributed by atoms with Crippen LogP contribution in [0.1, 0.15) is 10.5 Å². The van der Waals surface area contributed by atoms with Crippen molar-refractivity contribution in [2.45, 2.75) is 0 Å². The molecule has 0 radical (unpaired) electrons. The molecule has 72 valence electrons. The molecule has 0 amide bonds. The van der Waals surface area contributed by atoms with E-state index in [-0.39, 0.29) is 5.69 Å². The number of rotatable bonds is 2. The largest absolute Gasteiger partial charge is 0.477 e. The molecular weight excluding hydrogens is 202 g/mol. The number of thiazole rings is 1. The first kappa shape index (κ1) is 8.89. The van der Waals surface area contributed by atoms with E-state index in [1.807, 2.05) is 5.38 Å². The topological polar surface area (TPSA) is 68.0 Å². The second-order valence-electron chi connectivity index (χ2n) is 2.72. The van der Waals surface area contributed by atoms with E-state index in [2.05, 4.69) is 10.1 Å². The van der Waals surface area contributed by atoms with Crippen LogP contribution in [0.5, 0.6) is 0 Å². The second kappa shape index (κ2) is 3.22. The van der Waals surface area contributed by atoms with Gasteiger partial charge < -0.3 is 5.11 Å². The molecule has 2 rings (SSSR count). The zero-order valence-corrected chi connectivity index (χ0v) is 8.15. The maximum atomic E-state index is 10.7. The number of carboxylic acid groups (broad SMARTS) is 1. The van der Waals surface area contributed by atoms with E-state index in [1.165, 1.54) is 22.1 Å². The maximum Gasteiger partial charge on any atom is 0.354 e. The molecule has 0 unspecified atom stereocenters. The minimum Gasteiger partial charge on any atom is -0.477 e. The Kier molecular flexibility index (Phi) is 2.05. The van der Waals surface area contributed by atoms with Crippen LogP contribution in [0.4, 0.5) is 0 Å². The number of aromatic nitrogens is 3. The molecule has 0 aromatic carbocycles. The highest BCUT2D eigenvalue weighted by molar-refractivity contribution is 7.07. The van der Waals surface area contributed by atoms with Crippen LogP contribution in [0, 0.1) is 0 Å². The van der Waals surface area contributed by atoms with Crippen molar-refractivity contribution in [2.24, 2.45) is 7.05 Å². The molecule has 6 heteroatoms. The summed E-state index contributed by atoms with van der Waals surface area (Å²) in [5, 5.41) is 14.7. The molecule has 14 heavy (non-hydrogen) atoms. The van der Waals surface area contributed by atoms with E-state index in [9.17, 15) is 4.79 Å². The Morgan fingerprint density at radius 2 is 2.36 bits per heavy atom. The van der Waals surface area contributed by atoms with Gasteiger partial charge in [0.1, 0.15) is 17.1 Å². The molecule has 0 aliphatic heterocycles. The molecule has 2 heterocycles. The predicted octanol–water partition coefficient (Wildman–Crippen LogP) is 1.24. The van der Waals surface area contributed by atoms with Crippen LogP contribution in [0.3, 0.4) is 0 Å². The van der Waals surface area contributed by atoms with Gasteiger partial charge in [-0.3, -0.25) is 4.68 Å². The van der Waals surface area contributed by atoms with Gasteiger partial charge >= 0.3 is 5.97 Å². The van der Waals surface area contributed by atoms with Crippen molar-refractivity contribution in [1.29, 1.82) is 0 Å². The van der Waals surface area contributed by atoms with Gasteiger partial charge in [-0.15, -0.1) is 11.3 Å². The summed E-state index contributed by atoms with van der Waals surface area (Å²) in [6.07, 6.45) is 0. The van der Waals surface area contributed by atoms with E-state index in [1.54, 1.807) is 12.6 Å². The fraction of sp³-hybridized carbons (Fsp3) is 0.125. The first-order valence-electron chi connectivity index (χ1n) is 3.84. The van der Waals surface area contributed by atoms with E-state index in [0.29, 0.717) is 11.4 Å². The first-order chi connectivity index (χ1) is 6.68. The third-order valence-corrected chi connectivity index (χ3v) is 2.38. The number of nitrogens with zero attached hydrogens (tertiary/aromatic N) is 3. The number of aryl methyl sites for hydroxylation is 1. The summed E-state index contributed by atoms with van der Waals surface area (Å²) in [7, 11) is 1.60. The van der Waals surface area contributed by atoms with Gasteiger partial charge in [-0.05, 0) is 0 Å². The molecule has 0 spiro atoms. The van der Waals surface area contributed by atoms with Crippen molar-refractivity contribution in [1.82, 2.24) is 14.8 Å². The lowest BCUT2D eigenvalue weighted by Gasteiger charge is -1.91. The van der Waals surface area contributed by atoms with Crippen molar-refractivity contribution < 1.29 is 9.90 Å². The maximum absolute atomic E-state index is 10.7. The molecule has 5 nitrogen and oxygen atoms in total. The fourth-order valence-electron chi connectivity index (χ4n) is 1.13. The molecule has 0 aliphatic rings. The van der Waals surface area contributed by atoms with Crippen molar-refractivity contribution in [3.63, 3.8) is 0 Å². The smallest absolute Gasteiger partial charge is 0.354 e. The van der Waals surface area contributed by atoms with E-state index in [4.69, 9.17) is 5.11 Å². The number of hydrogen-bond donors (Lipinski definition) is 1. The van der Waals surface area contributed by atoms with Crippen LogP contribution < -0.4 is 0 Å². The highest BCUT2D eigenvalue weighted by atomic mass is 32.1. The first-order valence-corrected chi connectivity index (χ1v) is 4.78. The lowest BCUT2D eigenvalue weighted by atomic mass is 10.3. The summed E-state index contributed by atoms with van der Waals surface area (Å²) >= 11 is 1.45. The Balaban J connectivity index is 2.48. The molecular formula is C8H7N3O2S. The Hall–Kier alpha value is -1.69. The minimum absolute atomic E-state index is 0.160. The van der Waals surface area contributed by atoms with Gasteiger partial charge in [0, 0.05) is 18.5 Å². The highest BCUT2D eigenvalue weighted by Crippen LogP contribution is 2.18. The van der Waals surface area contributed by atoms with Crippen LogP contribution in [0.25, 0.3) is 11.4 Å². The van der Waals surface area contributed by atoms with Crippen LogP contribution in [0.2, 0.25) is 0 Å². The van der Waals surface area contributed by atoms with Crippen LogP contribution in [0.15, 0.2) is 17.0 Å². The molecule has 0 saturated carbocycles. The Labute approximate surface area is 83.6 Å². The summed E-state index contributed by atoms with van der Waals surface area (Å²) in [6.45, 7) is 0. The highest BCUT2D eigenvalue weighted by Gasteiger charge is 2.13. The summed E-state index contributed by atoms with van der Waals surface area (Å²) < 4.78 is 1.33. The third kappa shape index (κ3) is 1.39. The summed E-state index contributed by atoms with van der Waals surface area (Å²) in [4.78, 5) is 14.8. The van der Waals surface area contributed by atoms with E-state index >= 15 is 0 Å². The van der Waals surface area contributed by atoms with Gasteiger partial charge in [0.2, 0.25) is 0 Å². The second-order valence-corrected chi connectivity index (χ2v) is 3.44. The molecule has 2 aromatic heterocycles. The zero-order chi connectivity index (χ0) is 10.1. The fourth-order valence-corrected chi connectivity index (χ4v) is 1.68. The molecule has 1 N–H and O–H groups in total. The number of hydrogen-bond acceptors (Lipinski definition) is 4. The van der Waals surface area contributed by atoms with Crippen molar-refractivity contribution in [3.05, 3.63) is 22.7 Å². The average Bonchev–Trinajstić information content (AvgIpc) is 2.70. The number of carbonyl (C=O) groups is 1. The van der Waals surface area contributed by atoms with Gasteiger partial charge in [0.05, 0.1) is 5.51 Å². The summed E-state index contributed by atoms with van der Waals surface area (Å²) in [5.74, 6) is -0.985. The van der Waals surface area contributed by atoms with Crippen molar-refractivity contribution in [3.8, 4) is 11.4 Å². The summed E-state index contributed by atoms with van der Waals surface area (Å²) in [6, 6.07) is 1.51. The standard InChI is InChI=1S/C8H7N3O2S/c1-11-7(8(12)13)2-5(10-11)6-3-14-4-9-6/h2-4H,1H3,(H,12,13). The van der Waals surface area contributed by atoms with Crippen LogP contribution >= 0.6 is 11.3 Å². The average molecular weight is 209 g/mol. The SMILES string of the molecule is Cn1nc(-c2cscn2)cc1C(=O)O. The minimum atomic E-state index is -0.985. The van der Waals surface area contributed by atoms with Crippen LogP contribution in [-0.2, 0) is 7.05 Å². The predicted molar refractivity (Wildman–Crippen MR) is 51.3 cm³/mol. The molecule has 0 atom stereocenters. The Morgan fingerprint density at radius 1 is 1.57 bits per heavy atom. The third-order valence-electron chi connectivity index (χ3n) is 1.79. The van der Waals surface area contributed by atoms with Crippen molar-refractivity contribution in [2.75, 3.05) is 0 Å². The number of carboxylic acids is 1. The molecule has 0 bridgehead atoms. The monoisotopic (exact) mass is 209 g/mol. The lowest BCUT2D eigenvalue weighted by Crippen LogP contribution is -2.04. The molecule has 2 aromatic rings. The lowest BCUT2D eigenvalue weighted by molar-refractivity contribution is 0.0685. The molecule has 0 saturated heterocycles. The van der Waals surface area contributed by atoms with Gasteiger partial charge in [0.15, 0.2) is 0 Å². The Bertz CT molecular complexity index is 461. The molecule has 0 fully saturated rings.